The summed E-state index contributed by atoms with van der Waals surface area (Å²) in [4.78, 5) is 72.9. The molecule has 0 heterocycles. The molecule has 0 saturated heterocycles. The monoisotopic (exact) mass is 1440 g/mol. The highest BCUT2D eigenvalue weighted by molar-refractivity contribution is 7.47. The standard InChI is InChI=1S/C79H154O17P2/c1-8-10-11-12-13-14-15-16-24-27-33-38-46-53-60-76(81)89-66-74(95-78(83)62-55-48-39-34-28-25-22-20-18-17-19-21-23-26-32-37-45-52-59-72(7)9-2)68-93-97(85,86)91-64-73(80)65-92-98(87,88)94-69-75(67-90-77(82)61-54-47-42-41-44-51-58-71(5)6)96-79(84)63-56-49-40-35-30-29-31-36-43-50-57-70(3)4/h70-75,80H,8-69H2,1-7H3,(H,85,86)(H,87,88)/t72?,73-,74-,75-/m1/s1. The zero-order chi connectivity index (χ0) is 72.3. The van der Waals surface area contributed by atoms with E-state index in [4.69, 9.17) is 37.0 Å². The summed E-state index contributed by atoms with van der Waals surface area (Å²) in [5.74, 6) is 0.186. The van der Waals surface area contributed by atoms with Gasteiger partial charge in [0.25, 0.3) is 0 Å². The van der Waals surface area contributed by atoms with E-state index in [1.54, 1.807) is 0 Å². The van der Waals surface area contributed by atoms with Crippen LogP contribution in [0.2, 0.25) is 0 Å². The fraction of sp³-hybridized carbons (Fsp3) is 0.949. The molecule has 0 bridgehead atoms. The van der Waals surface area contributed by atoms with Crippen LogP contribution >= 0.6 is 15.6 Å². The van der Waals surface area contributed by atoms with E-state index in [1.807, 2.05) is 0 Å². The molecular formula is C79H154O17P2. The SMILES string of the molecule is CCCCCCCCCCCCCCCCC(=O)OC[C@H](COP(=O)(O)OC[C@@H](O)COP(=O)(O)OC[C@@H](COC(=O)CCCCCCCCC(C)C)OC(=O)CCCCCCCCCCCCC(C)C)OC(=O)CCCCCCCCCCCCCCCCCCCCC(C)CC. The number of phosphoric acid groups is 2. The molecule has 98 heavy (non-hydrogen) atoms. The number of phosphoric ester groups is 2. The molecule has 0 radical (unpaired) electrons. The van der Waals surface area contributed by atoms with Crippen molar-refractivity contribution >= 4 is 39.5 Å². The normalized spacial score (nSPS) is 14.3. The van der Waals surface area contributed by atoms with Gasteiger partial charge >= 0.3 is 39.5 Å². The first-order valence-electron chi connectivity index (χ1n) is 40.9. The van der Waals surface area contributed by atoms with E-state index in [1.165, 1.54) is 212 Å². The molecule has 6 atom stereocenters. The van der Waals surface area contributed by atoms with E-state index in [2.05, 4.69) is 48.5 Å². The molecule has 0 rings (SSSR count). The molecule has 0 aromatic heterocycles. The van der Waals surface area contributed by atoms with Crippen LogP contribution in [-0.2, 0) is 65.4 Å². The van der Waals surface area contributed by atoms with Gasteiger partial charge in [0.1, 0.15) is 19.3 Å². The zero-order valence-corrected chi connectivity index (χ0v) is 66.0. The number of hydrogen-bond donors (Lipinski definition) is 3. The van der Waals surface area contributed by atoms with E-state index >= 15 is 0 Å². The summed E-state index contributed by atoms with van der Waals surface area (Å²) in [6.07, 6.45) is 57.1. The number of carbonyl (C=O) groups is 4. The zero-order valence-electron chi connectivity index (χ0n) is 64.3. The second-order valence-electron chi connectivity index (χ2n) is 29.6. The van der Waals surface area contributed by atoms with Gasteiger partial charge in [0.2, 0.25) is 0 Å². The molecule has 0 aromatic carbocycles. The molecule has 19 heteroatoms. The summed E-state index contributed by atoms with van der Waals surface area (Å²) in [5, 5.41) is 10.6. The van der Waals surface area contributed by atoms with Crippen molar-refractivity contribution in [3.8, 4) is 0 Å². The van der Waals surface area contributed by atoms with Crippen LogP contribution < -0.4 is 0 Å². The van der Waals surface area contributed by atoms with Crippen molar-refractivity contribution in [2.24, 2.45) is 17.8 Å². The van der Waals surface area contributed by atoms with E-state index in [0.29, 0.717) is 31.6 Å². The van der Waals surface area contributed by atoms with E-state index in [-0.39, 0.29) is 25.7 Å². The summed E-state index contributed by atoms with van der Waals surface area (Å²) in [7, 11) is -9.91. The average Bonchev–Trinajstić information content (AvgIpc) is 1.12. The summed E-state index contributed by atoms with van der Waals surface area (Å²) in [5.41, 5.74) is 0. The topological polar surface area (TPSA) is 237 Å². The Morgan fingerprint density at radius 3 is 0.776 bits per heavy atom. The molecule has 3 unspecified atom stereocenters. The number of aliphatic hydroxyl groups excluding tert-OH is 1. The van der Waals surface area contributed by atoms with Crippen molar-refractivity contribution in [1.82, 2.24) is 0 Å². The molecule has 0 saturated carbocycles. The third-order valence-corrected chi connectivity index (χ3v) is 20.6. The number of hydrogen-bond acceptors (Lipinski definition) is 15. The van der Waals surface area contributed by atoms with Crippen LogP contribution in [0.3, 0.4) is 0 Å². The average molecular weight is 1440 g/mol. The van der Waals surface area contributed by atoms with Gasteiger partial charge in [-0.05, 0) is 43.4 Å². The maximum atomic E-state index is 13.1. The number of unbranched alkanes of at least 4 members (excludes halogenated alkanes) is 44. The maximum Gasteiger partial charge on any atom is 0.472 e. The lowest BCUT2D eigenvalue weighted by Crippen LogP contribution is -2.30. The molecule has 0 aliphatic rings. The Balaban J connectivity index is 5.19. The molecule has 0 aliphatic carbocycles. The molecular weight excluding hydrogens is 1280 g/mol. The van der Waals surface area contributed by atoms with Gasteiger partial charge in [-0.3, -0.25) is 37.3 Å². The van der Waals surface area contributed by atoms with E-state index in [9.17, 15) is 43.2 Å². The lowest BCUT2D eigenvalue weighted by Gasteiger charge is -2.21. The van der Waals surface area contributed by atoms with Gasteiger partial charge < -0.3 is 33.8 Å². The molecule has 3 N–H and O–H groups in total. The minimum absolute atomic E-state index is 0.105. The van der Waals surface area contributed by atoms with Crippen molar-refractivity contribution in [3.05, 3.63) is 0 Å². The van der Waals surface area contributed by atoms with Crippen LogP contribution in [0.5, 0.6) is 0 Å². The highest BCUT2D eigenvalue weighted by Crippen LogP contribution is 2.45. The third-order valence-electron chi connectivity index (χ3n) is 18.7. The molecule has 582 valence electrons. The Hall–Kier alpha value is -1.94. The summed E-state index contributed by atoms with van der Waals surface area (Å²) in [6.45, 7) is 11.9. The van der Waals surface area contributed by atoms with Crippen molar-refractivity contribution in [2.45, 2.75) is 426 Å². The van der Waals surface area contributed by atoms with Gasteiger partial charge in [-0.25, -0.2) is 9.13 Å². The molecule has 0 amide bonds. The van der Waals surface area contributed by atoms with Crippen molar-refractivity contribution < 1.29 is 80.2 Å². The maximum absolute atomic E-state index is 13.1. The first kappa shape index (κ1) is 96.1. The second-order valence-corrected chi connectivity index (χ2v) is 32.6. The number of carbonyl (C=O) groups excluding carboxylic acids is 4. The van der Waals surface area contributed by atoms with Gasteiger partial charge in [0.05, 0.1) is 26.4 Å². The Bertz CT molecular complexity index is 1910. The van der Waals surface area contributed by atoms with Gasteiger partial charge in [-0.15, -0.1) is 0 Å². The van der Waals surface area contributed by atoms with E-state index in [0.717, 1.165) is 108 Å². The van der Waals surface area contributed by atoms with Gasteiger partial charge in [0.15, 0.2) is 12.2 Å². The van der Waals surface area contributed by atoms with Gasteiger partial charge in [0, 0.05) is 25.7 Å². The first-order chi connectivity index (χ1) is 47.3. The fourth-order valence-electron chi connectivity index (χ4n) is 12.1. The van der Waals surface area contributed by atoms with Crippen LogP contribution in [-0.4, -0.2) is 96.7 Å². The van der Waals surface area contributed by atoms with Crippen molar-refractivity contribution in [3.63, 3.8) is 0 Å². The van der Waals surface area contributed by atoms with Crippen LogP contribution in [0.4, 0.5) is 0 Å². The van der Waals surface area contributed by atoms with Gasteiger partial charge in [-0.1, -0.05) is 357 Å². The quantitative estimate of drug-likeness (QED) is 0.0222. The Morgan fingerprint density at radius 1 is 0.296 bits per heavy atom. The summed E-state index contributed by atoms with van der Waals surface area (Å²) >= 11 is 0. The lowest BCUT2D eigenvalue weighted by atomic mass is 9.99. The third kappa shape index (κ3) is 71.1. The minimum Gasteiger partial charge on any atom is -0.462 e. The molecule has 0 aromatic rings. The first-order valence-corrected chi connectivity index (χ1v) is 43.9. The number of rotatable bonds is 77. The number of esters is 4. The highest BCUT2D eigenvalue weighted by Gasteiger charge is 2.30. The Morgan fingerprint density at radius 2 is 0.520 bits per heavy atom. The molecule has 0 aliphatic heterocycles. The van der Waals surface area contributed by atoms with Gasteiger partial charge in [-0.2, -0.15) is 0 Å². The Labute approximate surface area is 600 Å². The number of ether oxygens (including phenoxy) is 4. The predicted octanol–water partition coefficient (Wildman–Crippen LogP) is 23.4. The van der Waals surface area contributed by atoms with Crippen molar-refractivity contribution in [2.75, 3.05) is 39.6 Å². The predicted molar refractivity (Wildman–Crippen MR) is 400 cm³/mol. The number of aliphatic hydroxyl groups is 1. The van der Waals surface area contributed by atoms with Crippen LogP contribution in [0, 0.1) is 17.8 Å². The van der Waals surface area contributed by atoms with E-state index < -0.39 is 97.5 Å². The van der Waals surface area contributed by atoms with Crippen LogP contribution in [0.1, 0.15) is 408 Å². The summed E-state index contributed by atoms with van der Waals surface area (Å²) < 4.78 is 68.6. The molecule has 0 spiro atoms. The summed E-state index contributed by atoms with van der Waals surface area (Å²) in [6, 6.07) is 0. The van der Waals surface area contributed by atoms with Crippen molar-refractivity contribution in [1.29, 1.82) is 0 Å². The largest absolute Gasteiger partial charge is 0.472 e. The fourth-order valence-corrected chi connectivity index (χ4v) is 13.7. The minimum atomic E-state index is -4.96. The smallest absolute Gasteiger partial charge is 0.462 e. The van der Waals surface area contributed by atoms with Crippen LogP contribution in [0.15, 0.2) is 0 Å². The molecule has 17 nitrogen and oxygen atoms in total. The Kier molecular flexibility index (Phi) is 68.1. The lowest BCUT2D eigenvalue weighted by molar-refractivity contribution is -0.161. The highest BCUT2D eigenvalue weighted by atomic mass is 31.2. The second kappa shape index (κ2) is 69.4. The molecule has 0 fully saturated rings. The van der Waals surface area contributed by atoms with Crippen LogP contribution in [0.25, 0.3) is 0 Å².